The summed E-state index contributed by atoms with van der Waals surface area (Å²) >= 11 is 5.94. The van der Waals surface area contributed by atoms with Gasteiger partial charge in [0.25, 0.3) is 11.6 Å². The summed E-state index contributed by atoms with van der Waals surface area (Å²) in [5.41, 5.74) is 0.460. The fraction of sp³-hybridized carbons (Fsp3) is 0.200. The Bertz CT molecular complexity index is 991. The number of nitrogens with zero attached hydrogens (tertiary/aromatic N) is 1. The summed E-state index contributed by atoms with van der Waals surface area (Å²) in [6.07, 6.45) is 1.49. The van der Waals surface area contributed by atoms with Crippen LogP contribution in [0, 0.1) is 10.1 Å². The maximum absolute atomic E-state index is 12.2. The van der Waals surface area contributed by atoms with Gasteiger partial charge in [-0.05, 0) is 36.8 Å². The molecule has 0 bridgehead atoms. The molecule has 1 atom stereocenters. The number of ether oxygens (including phenoxy) is 3. The van der Waals surface area contributed by atoms with E-state index in [-0.39, 0.29) is 16.4 Å². The number of amides is 1. The number of hydrogen-bond acceptors (Lipinski definition) is 7. The standard InChI is InChI=1S/C20H19ClN2O7/c1-12(20(25)22-16-11-14(23(26)27)6-7-15(16)21)30-19(24)9-5-13-4-8-17(28-2)18(10-13)29-3/h4-12H,1-3H3,(H,22,25)/b9-5+. The molecule has 0 radical (unpaired) electrons. The highest BCUT2D eigenvalue weighted by molar-refractivity contribution is 6.33. The topological polar surface area (TPSA) is 117 Å². The van der Waals surface area contributed by atoms with Gasteiger partial charge in [0.2, 0.25) is 0 Å². The molecule has 0 aliphatic heterocycles. The molecule has 1 unspecified atom stereocenters. The first-order chi connectivity index (χ1) is 14.2. The lowest BCUT2D eigenvalue weighted by molar-refractivity contribution is -0.384. The summed E-state index contributed by atoms with van der Waals surface area (Å²) in [5, 5.41) is 13.4. The van der Waals surface area contributed by atoms with Crippen molar-refractivity contribution in [2.75, 3.05) is 19.5 Å². The molecular weight excluding hydrogens is 416 g/mol. The first kappa shape index (κ1) is 22.7. The molecule has 0 saturated heterocycles. The number of nitro benzene ring substituents is 1. The summed E-state index contributed by atoms with van der Waals surface area (Å²) in [5.74, 6) is -0.403. The van der Waals surface area contributed by atoms with Gasteiger partial charge in [-0.3, -0.25) is 14.9 Å². The van der Waals surface area contributed by atoms with Crippen molar-refractivity contribution in [3.63, 3.8) is 0 Å². The van der Waals surface area contributed by atoms with E-state index < -0.39 is 22.9 Å². The Kier molecular flexibility index (Phi) is 7.76. The average Bonchev–Trinajstić information content (AvgIpc) is 2.73. The number of halogens is 1. The molecule has 0 spiro atoms. The molecule has 30 heavy (non-hydrogen) atoms. The fourth-order valence-electron chi connectivity index (χ4n) is 2.34. The lowest BCUT2D eigenvalue weighted by atomic mass is 10.2. The third-order valence-corrected chi connectivity index (χ3v) is 4.23. The number of nitrogens with one attached hydrogen (secondary N) is 1. The lowest BCUT2D eigenvalue weighted by Gasteiger charge is -2.13. The van der Waals surface area contributed by atoms with Gasteiger partial charge in [-0.15, -0.1) is 0 Å². The quantitative estimate of drug-likeness (QED) is 0.290. The minimum absolute atomic E-state index is 0.0413. The predicted molar refractivity (Wildman–Crippen MR) is 111 cm³/mol. The third kappa shape index (κ3) is 5.95. The number of methoxy groups -OCH3 is 2. The van der Waals surface area contributed by atoms with Crippen molar-refractivity contribution in [3.8, 4) is 11.5 Å². The van der Waals surface area contributed by atoms with Gasteiger partial charge in [-0.25, -0.2) is 4.79 Å². The van der Waals surface area contributed by atoms with Gasteiger partial charge in [0.05, 0.1) is 29.9 Å². The van der Waals surface area contributed by atoms with Gasteiger partial charge in [-0.1, -0.05) is 17.7 Å². The number of nitro groups is 1. The van der Waals surface area contributed by atoms with Gasteiger partial charge in [0.1, 0.15) is 0 Å². The molecule has 0 saturated carbocycles. The second-order valence-electron chi connectivity index (χ2n) is 5.94. The third-order valence-electron chi connectivity index (χ3n) is 3.90. The monoisotopic (exact) mass is 434 g/mol. The number of carbonyl (C=O) groups excluding carboxylic acids is 2. The molecule has 1 amide bonds. The van der Waals surface area contributed by atoms with Crippen molar-refractivity contribution >= 4 is 40.9 Å². The van der Waals surface area contributed by atoms with E-state index in [9.17, 15) is 19.7 Å². The molecule has 0 aromatic heterocycles. The number of benzene rings is 2. The van der Waals surface area contributed by atoms with Crippen LogP contribution in [0.4, 0.5) is 11.4 Å². The van der Waals surface area contributed by atoms with Gasteiger partial charge < -0.3 is 19.5 Å². The van der Waals surface area contributed by atoms with Crippen LogP contribution in [0.3, 0.4) is 0 Å². The molecule has 0 aliphatic rings. The van der Waals surface area contributed by atoms with Crippen molar-refractivity contribution in [1.29, 1.82) is 0 Å². The van der Waals surface area contributed by atoms with Crippen molar-refractivity contribution in [3.05, 3.63) is 63.2 Å². The summed E-state index contributed by atoms with van der Waals surface area (Å²) in [7, 11) is 3.01. The Morgan fingerprint density at radius 1 is 1.13 bits per heavy atom. The molecule has 0 heterocycles. The Morgan fingerprint density at radius 3 is 2.47 bits per heavy atom. The maximum atomic E-state index is 12.2. The zero-order valence-corrected chi connectivity index (χ0v) is 17.1. The van der Waals surface area contributed by atoms with Crippen LogP contribution in [0.15, 0.2) is 42.5 Å². The minimum Gasteiger partial charge on any atom is -0.493 e. The SMILES string of the molecule is COc1ccc(/C=C/C(=O)OC(C)C(=O)Nc2cc([N+](=O)[O-])ccc2Cl)cc1OC. The Labute approximate surface area is 177 Å². The molecule has 0 fully saturated rings. The Hall–Kier alpha value is -3.59. The molecule has 2 aromatic rings. The Balaban J connectivity index is 2.00. The Morgan fingerprint density at radius 2 is 1.83 bits per heavy atom. The molecule has 158 valence electrons. The van der Waals surface area contributed by atoms with Crippen molar-refractivity contribution in [1.82, 2.24) is 0 Å². The number of carbonyl (C=O) groups is 2. The number of non-ortho nitro benzene ring substituents is 1. The van der Waals surface area contributed by atoms with E-state index in [1.807, 2.05) is 0 Å². The highest BCUT2D eigenvalue weighted by Crippen LogP contribution is 2.28. The fourth-order valence-corrected chi connectivity index (χ4v) is 2.51. The second kappa shape index (κ2) is 10.3. The molecular formula is C20H19ClN2O7. The van der Waals surface area contributed by atoms with Gasteiger partial charge >= 0.3 is 5.97 Å². The van der Waals surface area contributed by atoms with E-state index in [2.05, 4.69) is 5.32 Å². The minimum atomic E-state index is -1.16. The van der Waals surface area contributed by atoms with E-state index in [0.29, 0.717) is 17.1 Å². The zero-order valence-electron chi connectivity index (χ0n) is 16.4. The van der Waals surface area contributed by atoms with Crippen LogP contribution in [0.25, 0.3) is 6.08 Å². The molecule has 1 N–H and O–H groups in total. The van der Waals surface area contributed by atoms with E-state index in [4.69, 9.17) is 25.8 Å². The molecule has 2 rings (SSSR count). The summed E-state index contributed by atoms with van der Waals surface area (Å²) in [4.78, 5) is 34.5. The van der Waals surface area contributed by atoms with Gasteiger partial charge in [0, 0.05) is 18.2 Å². The number of esters is 1. The predicted octanol–water partition coefficient (Wildman–Crippen LogP) is 3.85. The second-order valence-corrected chi connectivity index (χ2v) is 6.34. The number of anilines is 1. The summed E-state index contributed by atoms with van der Waals surface area (Å²) in [6.45, 7) is 1.36. The summed E-state index contributed by atoms with van der Waals surface area (Å²) < 4.78 is 15.4. The van der Waals surface area contributed by atoms with Crippen LogP contribution >= 0.6 is 11.6 Å². The van der Waals surface area contributed by atoms with Crippen LogP contribution in [-0.2, 0) is 14.3 Å². The van der Waals surface area contributed by atoms with Gasteiger partial charge in [0.15, 0.2) is 17.6 Å². The first-order valence-corrected chi connectivity index (χ1v) is 8.98. The molecule has 10 heteroatoms. The van der Waals surface area contributed by atoms with Crippen LogP contribution in [0.5, 0.6) is 11.5 Å². The van der Waals surface area contributed by atoms with E-state index in [1.54, 1.807) is 18.2 Å². The highest BCUT2D eigenvalue weighted by Gasteiger charge is 2.19. The largest absolute Gasteiger partial charge is 0.493 e. The zero-order chi connectivity index (χ0) is 22.3. The maximum Gasteiger partial charge on any atom is 0.331 e. The normalized spacial score (nSPS) is 11.6. The van der Waals surface area contributed by atoms with Gasteiger partial charge in [-0.2, -0.15) is 0 Å². The van der Waals surface area contributed by atoms with E-state index in [1.165, 1.54) is 39.4 Å². The lowest BCUT2D eigenvalue weighted by Crippen LogP contribution is -2.29. The van der Waals surface area contributed by atoms with Crippen LogP contribution in [0.2, 0.25) is 5.02 Å². The van der Waals surface area contributed by atoms with E-state index in [0.717, 1.165) is 12.1 Å². The number of hydrogen-bond donors (Lipinski definition) is 1. The smallest absolute Gasteiger partial charge is 0.331 e. The number of rotatable bonds is 8. The molecule has 2 aromatic carbocycles. The van der Waals surface area contributed by atoms with Crippen molar-refractivity contribution in [2.45, 2.75) is 13.0 Å². The van der Waals surface area contributed by atoms with Crippen molar-refractivity contribution < 1.29 is 28.7 Å². The summed E-state index contributed by atoms with van der Waals surface area (Å²) in [6, 6.07) is 8.68. The van der Waals surface area contributed by atoms with E-state index >= 15 is 0 Å². The average molecular weight is 435 g/mol. The van der Waals surface area contributed by atoms with Crippen LogP contribution < -0.4 is 14.8 Å². The molecule has 9 nitrogen and oxygen atoms in total. The molecule has 0 aliphatic carbocycles. The van der Waals surface area contributed by atoms with Crippen LogP contribution in [0.1, 0.15) is 12.5 Å². The van der Waals surface area contributed by atoms with Crippen LogP contribution in [-0.4, -0.2) is 37.1 Å². The van der Waals surface area contributed by atoms with Crippen molar-refractivity contribution in [2.24, 2.45) is 0 Å². The highest BCUT2D eigenvalue weighted by atomic mass is 35.5. The first-order valence-electron chi connectivity index (χ1n) is 8.60.